The lowest BCUT2D eigenvalue weighted by molar-refractivity contribution is -0.383. The molecular formula is C16H19N3O4. The zero-order valence-corrected chi connectivity index (χ0v) is 13.0. The molecule has 0 aliphatic carbocycles. The molecule has 0 fully saturated rings. The number of nitrogens with one attached hydrogen (secondary N) is 1. The first-order valence-electron chi connectivity index (χ1n) is 7.44. The van der Waals surface area contributed by atoms with E-state index in [1.807, 2.05) is 13.8 Å². The van der Waals surface area contributed by atoms with Crippen LogP contribution in [-0.2, 0) is 0 Å². The second kappa shape index (κ2) is 7.15. The fourth-order valence-electron chi connectivity index (χ4n) is 2.27. The Morgan fingerprint density at radius 1 is 1.43 bits per heavy atom. The Bertz CT molecular complexity index is 732. The van der Waals surface area contributed by atoms with E-state index in [0.29, 0.717) is 5.39 Å². The molecular weight excluding hydrogens is 298 g/mol. The topological polar surface area (TPSA) is 105 Å². The number of hydrogen-bond donors (Lipinski definition) is 2. The first-order valence-corrected chi connectivity index (χ1v) is 7.44. The number of nitro groups is 1. The van der Waals surface area contributed by atoms with Gasteiger partial charge in [0.1, 0.15) is 0 Å². The Labute approximate surface area is 133 Å². The van der Waals surface area contributed by atoms with Crippen LogP contribution in [-0.4, -0.2) is 33.6 Å². The monoisotopic (exact) mass is 317 g/mol. The SMILES string of the molecule is CCC(C)C(O)CNC(=O)c1ccc([N+](=O)[O-])c2cccnc12. The Hall–Kier alpha value is -2.54. The molecule has 7 heteroatoms. The van der Waals surface area contributed by atoms with Crippen LogP contribution in [0.1, 0.15) is 30.6 Å². The number of aliphatic hydroxyl groups is 1. The number of non-ortho nitro benzene ring substituents is 1. The fraction of sp³-hybridized carbons (Fsp3) is 0.375. The second-order valence-corrected chi connectivity index (χ2v) is 5.45. The van der Waals surface area contributed by atoms with Gasteiger partial charge in [0.2, 0.25) is 0 Å². The molecule has 2 unspecified atom stereocenters. The third-order valence-electron chi connectivity index (χ3n) is 3.96. The average molecular weight is 317 g/mol. The highest BCUT2D eigenvalue weighted by molar-refractivity contribution is 6.07. The van der Waals surface area contributed by atoms with Crippen molar-refractivity contribution in [2.75, 3.05) is 6.54 Å². The van der Waals surface area contributed by atoms with Crippen molar-refractivity contribution in [2.45, 2.75) is 26.4 Å². The first-order chi connectivity index (χ1) is 11.0. The van der Waals surface area contributed by atoms with Crippen LogP contribution in [0, 0.1) is 16.0 Å². The van der Waals surface area contributed by atoms with Gasteiger partial charge in [-0.3, -0.25) is 19.9 Å². The molecule has 2 rings (SSSR count). The number of aromatic nitrogens is 1. The molecule has 2 N–H and O–H groups in total. The second-order valence-electron chi connectivity index (χ2n) is 5.45. The number of amides is 1. The molecule has 0 aliphatic rings. The van der Waals surface area contributed by atoms with Crippen LogP contribution >= 0.6 is 0 Å². The highest BCUT2D eigenvalue weighted by Gasteiger charge is 2.20. The molecule has 0 spiro atoms. The van der Waals surface area contributed by atoms with E-state index in [-0.39, 0.29) is 29.2 Å². The van der Waals surface area contributed by atoms with E-state index in [2.05, 4.69) is 10.3 Å². The van der Waals surface area contributed by atoms with Gasteiger partial charge in [0, 0.05) is 18.8 Å². The highest BCUT2D eigenvalue weighted by Crippen LogP contribution is 2.26. The number of pyridine rings is 1. The van der Waals surface area contributed by atoms with Gasteiger partial charge in [-0.1, -0.05) is 20.3 Å². The maximum absolute atomic E-state index is 12.3. The Kier molecular flexibility index (Phi) is 5.23. The van der Waals surface area contributed by atoms with Gasteiger partial charge in [-0.05, 0) is 24.1 Å². The van der Waals surface area contributed by atoms with Gasteiger partial charge in [0.05, 0.1) is 27.5 Å². The van der Waals surface area contributed by atoms with Gasteiger partial charge in [-0.25, -0.2) is 0 Å². The lowest BCUT2D eigenvalue weighted by Gasteiger charge is -2.17. The summed E-state index contributed by atoms with van der Waals surface area (Å²) < 4.78 is 0. The van der Waals surface area contributed by atoms with Crippen molar-refractivity contribution in [3.63, 3.8) is 0 Å². The quantitative estimate of drug-likeness (QED) is 0.628. The summed E-state index contributed by atoms with van der Waals surface area (Å²) in [5.74, 6) is -0.340. The highest BCUT2D eigenvalue weighted by atomic mass is 16.6. The summed E-state index contributed by atoms with van der Waals surface area (Å²) >= 11 is 0. The zero-order valence-electron chi connectivity index (χ0n) is 13.0. The number of nitrogens with zero attached hydrogens (tertiary/aromatic N) is 2. The summed E-state index contributed by atoms with van der Waals surface area (Å²) in [5, 5.41) is 24.0. The minimum absolute atomic E-state index is 0.0713. The van der Waals surface area contributed by atoms with E-state index in [1.54, 1.807) is 12.1 Å². The lowest BCUT2D eigenvalue weighted by Crippen LogP contribution is -2.35. The van der Waals surface area contributed by atoms with Crippen molar-refractivity contribution in [1.82, 2.24) is 10.3 Å². The molecule has 1 amide bonds. The summed E-state index contributed by atoms with van der Waals surface area (Å²) in [5.41, 5.74) is 0.434. The van der Waals surface area contributed by atoms with Gasteiger partial charge < -0.3 is 10.4 Å². The molecule has 122 valence electrons. The van der Waals surface area contributed by atoms with Crippen LogP contribution in [0.5, 0.6) is 0 Å². The van der Waals surface area contributed by atoms with E-state index >= 15 is 0 Å². The number of aliphatic hydroxyl groups excluding tert-OH is 1. The van der Waals surface area contributed by atoms with E-state index in [9.17, 15) is 20.0 Å². The molecule has 2 atom stereocenters. The van der Waals surface area contributed by atoms with Crippen LogP contribution < -0.4 is 5.32 Å². The smallest absolute Gasteiger partial charge is 0.278 e. The van der Waals surface area contributed by atoms with Crippen LogP contribution in [0.25, 0.3) is 10.9 Å². The Morgan fingerprint density at radius 3 is 2.83 bits per heavy atom. The van der Waals surface area contributed by atoms with Crippen molar-refractivity contribution < 1.29 is 14.8 Å². The van der Waals surface area contributed by atoms with Crippen molar-refractivity contribution in [3.8, 4) is 0 Å². The van der Waals surface area contributed by atoms with Crippen molar-refractivity contribution in [3.05, 3.63) is 46.1 Å². The molecule has 7 nitrogen and oxygen atoms in total. The Morgan fingerprint density at radius 2 is 2.17 bits per heavy atom. The number of carbonyl (C=O) groups is 1. The predicted molar refractivity (Wildman–Crippen MR) is 86.2 cm³/mol. The minimum atomic E-state index is -0.638. The molecule has 0 saturated carbocycles. The zero-order chi connectivity index (χ0) is 17.0. The number of benzene rings is 1. The van der Waals surface area contributed by atoms with Crippen LogP contribution in [0.2, 0.25) is 0 Å². The number of nitro benzene ring substituents is 1. The minimum Gasteiger partial charge on any atom is -0.391 e. The van der Waals surface area contributed by atoms with Crippen LogP contribution in [0.3, 0.4) is 0 Å². The van der Waals surface area contributed by atoms with E-state index in [1.165, 1.54) is 18.3 Å². The number of hydrogen-bond acceptors (Lipinski definition) is 5. The van der Waals surface area contributed by atoms with Crippen molar-refractivity contribution in [2.24, 2.45) is 5.92 Å². The van der Waals surface area contributed by atoms with E-state index < -0.39 is 16.9 Å². The third-order valence-corrected chi connectivity index (χ3v) is 3.96. The van der Waals surface area contributed by atoms with Gasteiger partial charge >= 0.3 is 0 Å². The number of fused-ring (bicyclic) bond motifs is 1. The van der Waals surface area contributed by atoms with E-state index in [4.69, 9.17) is 0 Å². The largest absolute Gasteiger partial charge is 0.391 e. The fourth-order valence-corrected chi connectivity index (χ4v) is 2.27. The standard InChI is InChI=1S/C16H19N3O4/c1-3-10(2)14(20)9-18-16(21)12-6-7-13(19(22)23)11-5-4-8-17-15(11)12/h4-8,10,14,20H,3,9H2,1-2H3,(H,18,21). The summed E-state index contributed by atoms with van der Waals surface area (Å²) in [4.78, 5) is 27.0. The molecule has 0 aliphatic heterocycles. The maximum Gasteiger partial charge on any atom is 0.278 e. The number of rotatable bonds is 6. The van der Waals surface area contributed by atoms with Crippen molar-refractivity contribution >= 4 is 22.5 Å². The maximum atomic E-state index is 12.3. The summed E-state index contributed by atoms with van der Waals surface area (Å²) in [7, 11) is 0. The molecule has 1 heterocycles. The van der Waals surface area contributed by atoms with Gasteiger partial charge in [-0.15, -0.1) is 0 Å². The summed E-state index contributed by atoms with van der Waals surface area (Å²) in [6, 6.07) is 5.83. The lowest BCUT2D eigenvalue weighted by atomic mass is 10.0. The van der Waals surface area contributed by atoms with Gasteiger partial charge in [0.25, 0.3) is 11.6 Å². The third kappa shape index (κ3) is 3.62. The molecule has 1 aromatic carbocycles. The number of carbonyl (C=O) groups excluding carboxylic acids is 1. The van der Waals surface area contributed by atoms with Crippen molar-refractivity contribution in [1.29, 1.82) is 0 Å². The van der Waals surface area contributed by atoms with Crippen LogP contribution in [0.15, 0.2) is 30.5 Å². The molecule has 0 saturated heterocycles. The van der Waals surface area contributed by atoms with E-state index in [0.717, 1.165) is 6.42 Å². The predicted octanol–water partition coefficient (Wildman–Crippen LogP) is 2.28. The normalized spacial score (nSPS) is 13.5. The van der Waals surface area contributed by atoms with Crippen LogP contribution in [0.4, 0.5) is 5.69 Å². The first kappa shape index (κ1) is 16.8. The Balaban J connectivity index is 2.28. The van der Waals surface area contributed by atoms with Gasteiger partial charge in [0.15, 0.2) is 0 Å². The summed E-state index contributed by atoms with van der Waals surface area (Å²) in [6.45, 7) is 3.99. The molecule has 0 bridgehead atoms. The van der Waals surface area contributed by atoms with Gasteiger partial charge in [-0.2, -0.15) is 0 Å². The summed E-state index contributed by atoms with van der Waals surface area (Å²) in [6.07, 6.45) is 1.65. The molecule has 0 radical (unpaired) electrons. The average Bonchev–Trinajstić information content (AvgIpc) is 2.57. The molecule has 2 aromatic rings. The molecule has 23 heavy (non-hydrogen) atoms. The molecule has 1 aromatic heterocycles.